The molecule has 6 heavy (non-hydrogen) atoms. The molecule has 0 spiro atoms. The van der Waals surface area contributed by atoms with Gasteiger partial charge in [-0.3, -0.25) is 0 Å². The molecule has 0 aromatic heterocycles. The van der Waals surface area contributed by atoms with Crippen LogP contribution in [0, 0.1) is 0 Å². The minimum Gasteiger partial charge on any atom is -0.0988 e. The van der Waals surface area contributed by atoms with Gasteiger partial charge >= 0.3 is 0 Å². The lowest BCUT2D eigenvalue weighted by molar-refractivity contribution is 1.63. The molecule has 0 aliphatic rings. The molecule has 0 aliphatic heterocycles. The van der Waals surface area contributed by atoms with E-state index < -0.39 is 0 Å². The highest BCUT2D eigenvalue weighted by Gasteiger charge is 1.74. The summed E-state index contributed by atoms with van der Waals surface area (Å²) in [6.07, 6.45) is 1.73. The van der Waals surface area contributed by atoms with Crippen LogP contribution in [-0.2, 0) is 0 Å². The molecule has 0 N–H and O–H groups in total. The molecular formula is C5H7Br. The summed E-state index contributed by atoms with van der Waals surface area (Å²) in [4.78, 5) is 0. The van der Waals surface area contributed by atoms with Gasteiger partial charge in [-0.05, 0) is 5.57 Å². The molecule has 0 aromatic rings. The van der Waals surface area contributed by atoms with Crippen LogP contribution in [0.3, 0.4) is 0 Å². The first-order valence-corrected chi connectivity index (χ1v) is 2.79. The fourth-order valence-electron chi connectivity index (χ4n) is 0.0546. The Morgan fingerprint density at radius 1 is 1.83 bits per heavy atom. The van der Waals surface area contributed by atoms with Crippen molar-refractivity contribution in [3.8, 4) is 0 Å². The van der Waals surface area contributed by atoms with Gasteiger partial charge in [0.1, 0.15) is 0 Å². The predicted octanol–water partition coefficient (Wildman–Crippen LogP) is 2.12. The molecule has 0 rings (SSSR count). The van der Waals surface area contributed by atoms with Gasteiger partial charge in [-0.2, -0.15) is 0 Å². The van der Waals surface area contributed by atoms with E-state index in [1.54, 1.807) is 6.08 Å². The van der Waals surface area contributed by atoms with Gasteiger partial charge in [0.2, 0.25) is 0 Å². The second-order valence-corrected chi connectivity index (χ2v) is 1.56. The second-order valence-electron chi connectivity index (χ2n) is 0.996. The number of alkyl halides is 1. The maximum absolute atomic E-state index is 3.63. The number of rotatable bonds is 2. The van der Waals surface area contributed by atoms with Crippen molar-refractivity contribution in [1.29, 1.82) is 0 Å². The van der Waals surface area contributed by atoms with E-state index in [2.05, 4.69) is 29.1 Å². The van der Waals surface area contributed by atoms with E-state index in [9.17, 15) is 0 Å². The Bertz CT molecular complexity index is 64.3. The molecule has 0 fully saturated rings. The van der Waals surface area contributed by atoms with E-state index in [-0.39, 0.29) is 0 Å². The van der Waals surface area contributed by atoms with Gasteiger partial charge in [0.25, 0.3) is 0 Å². The first-order chi connectivity index (χ1) is 2.81. The van der Waals surface area contributed by atoms with Gasteiger partial charge in [-0.1, -0.05) is 35.2 Å². The smallest absolute Gasteiger partial charge is 0.0276 e. The molecular weight excluding hydrogens is 140 g/mol. The number of hydrogen-bond donors (Lipinski definition) is 0. The van der Waals surface area contributed by atoms with Gasteiger partial charge in [-0.25, -0.2) is 0 Å². The maximum atomic E-state index is 3.63. The number of halogens is 1. The summed E-state index contributed by atoms with van der Waals surface area (Å²) in [5, 5.41) is 0.830. The van der Waals surface area contributed by atoms with Gasteiger partial charge in [0, 0.05) is 5.33 Å². The van der Waals surface area contributed by atoms with Crippen LogP contribution in [0.5, 0.6) is 0 Å². The van der Waals surface area contributed by atoms with Gasteiger partial charge in [0.15, 0.2) is 0 Å². The van der Waals surface area contributed by atoms with Crippen molar-refractivity contribution in [2.24, 2.45) is 0 Å². The summed E-state index contributed by atoms with van der Waals surface area (Å²) in [5.74, 6) is 0. The first-order valence-electron chi connectivity index (χ1n) is 1.67. The lowest BCUT2D eigenvalue weighted by Crippen LogP contribution is -1.68. The molecule has 0 unspecified atom stereocenters. The molecule has 34 valence electrons. The van der Waals surface area contributed by atoms with Gasteiger partial charge in [-0.15, -0.1) is 0 Å². The average Bonchev–Trinajstić information content (AvgIpc) is 1.65. The SMILES string of the molecule is C=CC(=C)CBr. The Hall–Kier alpha value is -0.0400. The topological polar surface area (TPSA) is 0 Å². The Balaban J connectivity index is 3.23. The van der Waals surface area contributed by atoms with Crippen LogP contribution in [-0.4, -0.2) is 5.33 Å². The van der Waals surface area contributed by atoms with Gasteiger partial charge in [0.05, 0.1) is 0 Å². The zero-order valence-electron chi connectivity index (χ0n) is 3.58. The van der Waals surface area contributed by atoms with E-state index >= 15 is 0 Å². The third-order valence-electron chi connectivity index (χ3n) is 0.460. The summed E-state index contributed by atoms with van der Waals surface area (Å²) in [6.45, 7) is 7.13. The molecule has 0 atom stereocenters. The highest BCUT2D eigenvalue weighted by molar-refractivity contribution is 9.09. The molecule has 0 heterocycles. The van der Waals surface area contributed by atoms with Crippen molar-refractivity contribution in [2.75, 3.05) is 5.33 Å². The third-order valence-corrected chi connectivity index (χ3v) is 1.18. The van der Waals surface area contributed by atoms with Crippen molar-refractivity contribution in [3.63, 3.8) is 0 Å². The molecule has 0 saturated heterocycles. The molecule has 0 nitrogen and oxygen atoms in total. The molecule has 0 aromatic carbocycles. The summed E-state index contributed by atoms with van der Waals surface area (Å²) in [6, 6.07) is 0. The van der Waals surface area contributed by atoms with Crippen LogP contribution in [0.4, 0.5) is 0 Å². The monoisotopic (exact) mass is 146 g/mol. The Kier molecular flexibility index (Phi) is 3.14. The molecule has 0 radical (unpaired) electrons. The van der Waals surface area contributed by atoms with Crippen LogP contribution >= 0.6 is 15.9 Å². The quantitative estimate of drug-likeness (QED) is 0.414. The second kappa shape index (κ2) is 3.16. The summed E-state index contributed by atoms with van der Waals surface area (Å²) < 4.78 is 0. The molecule has 0 bridgehead atoms. The molecule has 0 saturated carbocycles. The van der Waals surface area contributed by atoms with Crippen molar-refractivity contribution in [1.82, 2.24) is 0 Å². The number of allylic oxidation sites excluding steroid dienone is 2. The highest BCUT2D eigenvalue weighted by Crippen LogP contribution is 1.93. The molecule has 0 aliphatic carbocycles. The van der Waals surface area contributed by atoms with Crippen LogP contribution < -0.4 is 0 Å². The standard InChI is InChI=1S/C5H7Br/c1-3-5(2)4-6/h3H,1-2,4H2. The largest absolute Gasteiger partial charge is 0.0988 e. The summed E-state index contributed by atoms with van der Waals surface area (Å²) in [5.41, 5.74) is 1.02. The fourth-order valence-corrected chi connectivity index (χ4v) is 0.283. The van der Waals surface area contributed by atoms with Crippen LogP contribution in [0.1, 0.15) is 0 Å². The first kappa shape index (κ1) is 5.96. The van der Waals surface area contributed by atoms with E-state index in [1.165, 1.54) is 0 Å². The van der Waals surface area contributed by atoms with Gasteiger partial charge < -0.3 is 0 Å². The lowest BCUT2D eigenvalue weighted by Gasteiger charge is -1.81. The van der Waals surface area contributed by atoms with Crippen molar-refractivity contribution >= 4 is 15.9 Å². The highest BCUT2D eigenvalue weighted by atomic mass is 79.9. The zero-order valence-corrected chi connectivity index (χ0v) is 5.16. The predicted molar refractivity (Wildman–Crippen MR) is 33.1 cm³/mol. The van der Waals surface area contributed by atoms with Crippen LogP contribution in [0.2, 0.25) is 0 Å². The normalized spacial score (nSPS) is 7.50. The Morgan fingerprint density at radius 2 is 2.33 bits per heavy atom. The average molecular weight is 147 g/mol. The van der Waals surface area contributed by atoms with Crippen LogP contribution in [0.15, 0.2) is 24.8 Å². The van der Waals surface area contributed by atoms with Crippen molar-refractivity contribution in [3.05, 3.63) is 24.8 Å². The molecule has 1 heteroatoms. The summed E-state index contributed by atoms with van der Waals surface area (Å²) in [7, 11) is 0. The number of hydrogen-bond acceptors (Lipinski definition) is 0. The van der Waals surface area contributed by atoms with Crippen LogP contribution in [0.25, 0.3) is 0 Å². The molecule has 0 amide bonds. The minimum absolute atomic E-state index is 0.830. The minimum atomic E-state index is 0.830. The maximum Gasteiger partial charge on any atom is 0.0276 e. The zero-order chi connectivity index (χ0) is 4.99. The van der Waals surface area contributed by atoms with E-state index in [4.69, 9.17) is 0 Å². The van der Waals surface area contributed by atoms with E-state index in [1.807, 2.05) is 0 Å². The van der Waals surface area contributed by atoms with E-state index in [0.29, 0.717) is 0 Å². The Morgan fingerprint density at radius 3 is 2.33 bits per heavy atom. The Labute approximate surface area is 46.7 Å². The van der Waals surface area contributed by atoms with Crippen molar-refractivity contribution in [2.45, 2.75) is 0 Å². The summed E-state index contributed by atoms with van der Waals surface area (Å²) >= 11 is 3.20. The third kappa shape index (κ3) is 2.21. The van der Waals surface area contributed by atoms with Crippen molar-refractivity contribution < 1.29 is 0 Å². The lowest BCUT2D eigenvalue weighted by atomic mass is 10.4. The fraction of sp³-hybridized carbons (Fsp3) is 0.200. The van der Waals surface area contributed by atoms with E-state index in [0.717, 1.165) is 10.9 Å².